The lowest BCUT2D eigenvalue weighted by molar-refractivity contribution is 0.434. The molecule has 1 saturated heterocycles. The number of hydrogen-bond donors (Lipinski definition) is 1. The summed E-state index contributed by atoms with van der Waals surface area (Å²) < 4.78 is 2.39. The Morgan fingerprint density at radius 2 is 1.96 bits per heavy atom. The van der Waals surface area contributed by atoms with Gasteiger partial charge in [-0.3, -0.25) is 0 Å². The predicted octanol–water partition coefficient (Wildman–Crippen LogP) is 4.13. The van der Waals surface area contributed by atoms with Gasteiger partial charge < -0.3 is 5.84 Å². The molecule has 0 atom stereocenters. The maximum atomic E-state index is 5.35. The molecule has 0 saturated carbocycles. The molecule has 0 spiro atoms. The molecule has 3 rings (SSSR count). The number of rotatable bonds is 4. The molecule has 2 heterocycles. The van der Waals surface area contributed by atoms with Crippen molar-refractivity contribution in [2.45, 2.75) is 24.7 Å². The maximum absolute atomic E-state index is 5.35. The van der Waals surface area contributed by atoms with Gasteiger partial charge in [0, 0.05) is 34.6 Å². The average Bonchev–Trinajstić information content (AvgIpc) is 2.72. The number of aryl methyl sites for hydroxylation is 1. The molecule has 4 nitrogen and oxygen atoms in total. The fourth-order valence-electron chi connectivity index (χ4n) is 2.84. The molecule has 2 aromatic rings. The SMILES string of the molecule is Cc1cccc(C#CC=C2CCN(Sc3ccc(C(C=S)=NN)cc3)CC2)n1. The molecule has 0 amide bonds. The summed E-state index contributed by atoms with van der Waals surface area (Å²) in [5, 5.41) is 5.20. The van der Waals surface area contributed by atoms with Crippen LogP contribution in [0, 0.1) is 18.8 Å². The summed E-state index contributed by atoms with van der Waals surface area (Å²) in [7, 11) is 0. The summed E-state index contributed by atoms with van der Waals surface area (Å²) in [6.07, 6.45) is 4.13. The molecular formula is C22H22N4S2. The summed E-state index contributed by atoms with van der Waals surface area (Å²) in [5.74, 6) is 11.6. The smallest absolute Gasteiger partial charge is 0.113 e. The van der Waals surface area contributed by atoms with Crippen LogP contribution >= 0.6 is 24.2 Å². The zero-order valence-corrected chi connectivity index (χ0v) is 17.4. The van der Waals surface area contributed by atoms with Crippen molar-refractivity contribution in [3.63, 3.8) is 0 Å². The highest BCUT2D eigenvalue weighted by Gasteiger charge is 2.14. The van der Waals surface area contributed by atoms with Crippen LogP contribution in [0.5, 0.6) is 0 Å². The Labute approximate surface area is 176 Å². The average molecular weight is 407 g/mol. The van der Waals surface area contributed by atoms with Crippen LogP contribution in [0.15, 0.2) is 64.1 Å². The van der Waals surface area contributed by atoms with E-state index >= 15 is 0 Å². The fraction of sp³-hybridized carbons (Fsp3) is 0.227. The van der Waals surface area contributed by atoms with E-state index in [0.29, 0.717) is 5.71 Å². The second-order valence-electron chi connectivity index (χ2n) is 6.41. The van der Waals surface area contributed by atoms with Crippen LogP contribution in [-0.2, 0) is 0 Å². The second-order valence-corrected chi connectivity index (χ2v) is 7.82. The summed E-state index contributed by atoms with van der Waals surface area (Å²) >= 11 is 6.70. The van der Waals surface area contributed by atoms with Gasteiger partial charge in [-0.15, -0.1) is 0 Å². The number of nitrogens with zero attached hydrogens (tertiary/aromatic N) is 3. The highest BCUT2D eigenvalue weighted by atomic mass is 32.2. The van der Waals surface area contributed by atoms with Gasteiger partial charge >= 0.3 is 0 Å². The molecule has 1 aliphatic rings. The monoisotopic (exact) mass is 406 g/mol. The number of pyridine rings is 1. The first-order valence-corrected chi connectivity index (χ1v) is 10.3. The van der Waals surface area contributed by atoms with E-state index < -0.39 is 0 Å². The van der Waals surface area contributed by atoms with Crippen molar-refractivity contribution in [3.8, 4) is 11.8 Å². The van der Waals surface area contributed by atoms with E-state index in [0.717, 1.165) is 42.9 Å². The zero-order chi connectivity index (χ0) is 19.8. The van der Waals surface area contributed by atoms with Gasteiger partial charge in [0.05, 0.1) is 0 Å². The van der Waals surface area contributed by atoms with E-state index in [1.807, 2.05) is 37.3 Å². The first-order valence-electron chi connectivity index (χ1n) is 9.07. The summed E-state index contributed by atoms with van der Waals surface area (Å²) in [6, 6.07) is 14.1. The quantitative estimate of drug-likeness (QED) is 0.207. The number of piperidine rings is 1. The Balaban J connectivity index is 1.52. The van der Waals surface area contributed by atoms with Gasteiger partial charge in [-0.2, -0.15) is 5.10 Å². The number of hydrogen-bond acceptors (Lipinski definition) is 6. The summed E-state index contributed by atoms with van der Waals surface area (Å²) in [6.45, 7) is 4.00. The Bertz CT molecular complexity index is 942. The lowest BCUT2D eigenvalue weighted by Gasteiger charge is -2.26. The van der Waals surface area contributed by atoms with Gasteiger partial charge in [-0.1, -0.05) is 41.9 Å². The Morgan fingerprint density at radius 1 is 1.21 bits per heavy atom. The second kappa shape index (κ2) is 10.2. The molecule has 1 aromatic carbocycles. The molecule has 1 aliphatic heterocycles. The van der Waals surface area contributed by atoms with Gasteiger partial charge in [0.2, 0.25) is 0 Å². The van der Waals surface area contributed by atoms with E-state index in [4.69, 9.17) is 18.1 Å². The van der Waals surface area contributed by atoms with Crippen molar-refractivity contribution in [3.05, 3.63) is 71.1 Å². The van der Waals surface area contributed by atoms with Crippen LogP contribution in [-0.4, -0.2) is 33.5 Å². The number of aromatic nitrogens is 1. The third-order valence-electron chi connectivity index (χ3n) is 4.36. The van der Waals surface area contributed by atoms with Crippen LogP contribution in [0.1, 0.15) is 29.8 Å². The van der Waals surface area contributed by atoms with Crippen molar-refractivity contribution in [2.75, 3.05) is 13.1 Å². The fourth-order valence-corrected chi connectivity index (χ4v) is 3.96. The van der Waals surface area contributed by atoms with Gasteiger partial charge in [0.15, 0.2) is 0 Å². The molecule has 0 unspecified atom stereocenters. The Morgan fingerprint density at radius 3 is 2.61 bits per heavy atom. The van der Waals surface area contributed by atoms with Crippen molar-refractivity contribution >= 4 is 35.2 Å². The summed E-state index contributed by atoms with van der Waals surface area (Å²) in [4.78, 5) is 5.60. The Hall–Kier alpha value is -2.46. The van der Waals surface area contributed by atoms with Gasteiger partial charge in [0.25, 0.3) is 0 Å². The maximum Gasteiger partial charge on any atom is 0.113 e. The van der Waals surface area contributed by atoms with E-state index in [2.05, 4.69) is 44.4 Å². The van der Waals surface area contributed by atoms with Crippen LogP contribution in [0.4, 0.5) is 0 Å². The van der Waals surface area contributed by atoms with Crippen molar-refractivity contribution in [1.29, 1.82) is 0 Å². The van der Waals surface area contributed by atoms with Crippen molar-refractivity contribution < 1.29 is 0 Å². The van der Waals surface area contributed by atoms with E-state index in [-0.39, 0.29) is 0 Å². The number of nitrogens with two attached hydrogens (primary N) is 1. The minimum atomic E-state index is 0.626. The Kier molecular flexibility index (Phi) is 7.38. The number of thiocarbonyl (C=S) groups is 1. The number of hydrazone groups is 1. The molecule has 0 bridgehead atoms. The molecule has 6 heteroatoms. The minimum absolute atomic E-state index is 0.626. The van der Waals surface area contributed by atoms with Crippen molar-refractivity contribution in [1.82, 2.24) is 9.29 Å². The van der Waals surface area contributed by atoms with E-state index in [1.165, 1.54) is 15.8 Å². The normalized spacial score (nSPS) is 14.9. The number of benzene rings is 1. The molecule has 28 heavy (non-hydrogen) atoms. The molecule has 0 aliphatic carbocycles. The largest absolute Gasteiger partial charge is 0.323 e. The van der Waals surface area contributed by atoms with Crippen LogP contribution < -0.4 is 5.84 Å². The predicted molar refractivity (Wildman–Crippen MR) is 121 cm³/mol. The topological polar surface area (TPSA) is 54.5 Å². The number of allylic oxidation sites excluding steroid dienone is 1. The highest BCUT2D eigenvalue weighted by Crippen LogP contribution is 2.28. The first-order chi connectivity index (χ1) is 13.7. The third kappa shape index (κ3) is 5.77. The van der Waals surface area contributed by atoms with Crippen LogP contribution in [0.2, 0.25) is 0 Å². The molecule has 0 radical (unpaired) electrons. The van der Waals surface area contributed by atoms with Crippen LogP contribution in [0.3, 0.4) is 0 Å². The van der Waals surface area contributed by atoms with Crippen molar-refractivity contribution in [2.24, 2.45) is 10.9 Å². The molecule has 1 fully saturated rings. The lowest BCUT2D eigenvalue weighted by atomic mass is 10.1. The van der Waals surface area contributed by atoms with Gasteiger partial charge in [0.1, 0.15) is 11.4 Å². The molecular weight excluding hydrogens is 384 g/mol. The third-order valence-corrected chi connectivity index (χ3v) is 5.69. The summed E-state index contributed by atoms with van der Waals surface area (Å²) in [5.41, 5.74) is 4.78. The van der Waals surface area contributed by atoms with Gasteiger partial charge in [-0.05, 0) is 68.0 Å². The van der Waals surface area contributed by atoms with Crippen LogP contribution in [0.25, 0.3) is 0 Å². The first kappa shape index (κ1) is 20.3. The van der Waals surface area contributed by atoms with E-state index in [9.17, 15) is 0 Å². The highest BCUT2D eigenvalue weighted by molar-refractivity contribution is 7.97. The lowest BCUT2D eigenvalue weighted by Crippen LogP contribution is -2.24. The van der Waals surface area contributed by atoms with Gasteiger partial charge in [-0.25, -0.2) is 9.29 Å². The molecule has 1 aromatic heterocycles. The molecule has 2 N–H and O–H groups in total. The molecule has 142 valence electrons. The zero-order valence-electron chi connectivity index (χ0n) is 15.8. The standard InChI is InChI=1S/C22H22N4S2/c1-17-4-2-6-20(24-17)7-3-5-18-12-14-26(15-13-18)28-21-10-8-19(9-11-21)22(16-27)25-23/h2,4-6,8-11,16H,12-15,23H2,1H3. The minimum Gasteiger partial charge on any atom is -0.323 e. The van der Waals surface area contributed by atoms with E-state index in [1.54, 1.807) is 11.9 Å².